The predicted octanol–water partition coefficient (Wildman–Crippen LogP) is 1.88. The molecule has 0 spiro atoms. The molecule has 0 amide bonds. The average Bonchev–Trinajstić information content (AvgIpc) is 2.20. The van der Waals surface area contributed by atoms with E-state index in [1.165, 1.54) is 11.9 Å². The minimum Gasteiger partial charge on any atom is -0.313 e. The van der Waals surface area contributed by atoms with E-state index in [2.05, 4.69) is 16.9 Å². The first-order valence-corrected chi connectivity index (χ1v) is 4.77. The first-order valence-electron chi connectivity index (χ1n) is 4.77. The Bertz CT molecular complexity index is 502. The summed E-state index contributed by atoms with van der Waals surface area (Å²) in [5, 5.41) is 0.679. The topological polar surface area (TPSA) is 45.8 Å². The van der Waals surface area contributed by atoms with Crippen LogP contribution in [0.4, 0.5) is 0 Å². The molecule has 0 aliphatic carbocycles. The molecule has 1 N–H and O–H groups in total. The summed E-state index contributed by atoms with van der Waals surface area (Å²) in [5.74, 6) is 0. The van der Waals surface area contributed by atoms with Crippen molar-refractivity contribution in [3.05, 3.63) is 40.4 Å². The molecule has 2 aromatic rings. The van der Waals surface area contributed by atoms with Gasteiger partial charge in [0.05, 0.1) is 17.2 Å². The van der Waals surface area contributed by atoms with Crippen LogP contribution in [0.25, 0.3) is 10.9 Å². The Hall–Kier alpha value is -1.64. The van der Waals surface area contributed by atoms with Crippen molar-refractivity contribution in [3.63, 3.8) is 0 Å². The number of nitrogens with zero attached hydrogens (tertiary/aromatic N) is 1. The summed E-state index contributed by atoms with van der Waals surface area (Å²) >= 11 is 0. The van der Waals surface area contributed by atoms with E-state index in [1.54, 1.807) is 0 Å². The van der Waals surface area contributed by atoms with Gasteiger partial charge in [0.25, 0.3) is 5.56 Å². The SMILES string of the molecule is CCCc1ccc2nc[nH]c(=O)c2c1. The second-order valence-electron chi connectivity index (χ2n) is 3.33. The van der Waals surface area contributed by atoms with E-state index in [4.69, 9.17) is 0 Å². The summed E-state index contributed by atoms with van der Waals surface area (Å²) < 4.78 is 0. The van der Waals surface area contributed by atoms with Crippen LogP contribution in [0, 0.1) is 0 Å². The lowest BCUT2D eigenvalue weighted by atomic mass is 10.1. The van der Waals surface area contributed by atoms with Crippen molar-refractivity contribution in [3.8, 4) is 0 Å². The quantitative estimate of drug-likeness (QED) is 0.782. The normalized spacial score (nSPS) is 10.6. The molecule has 0 fully saturated rings. The Kier molecular flexibility index (Phi) is 2.31. The maximum atomic E-state index is 11.4. The van der Waals surface area contributed by atoms with Gasteiger partial charge in [0.2, 0.25) is 0 Å². The Balaban J connectivity index is 2.64. The van der Waals surface area contributed by atoms with Crippen molar-refractivity contribution in [1.82, 2.24) is 9.97 Å². The van der Waals surface area contributed by atoms with E-state index in [0.29, 0.717) is 5.39 Å². The standard InChI is InChI=1S/C11H12N2O/c1-2-3-8-4-5-10-9(6-8)11(14)13-7-12-10/h4-7H,2-3H2,1H3,(H,12,13,14). The Morgan fingerprint density at radius 2 is 2.29 bits per heavy atom. The van der Waals surface area contributed by atoms with Gasteiger partial charge in [-0.25, -0.2) is 4.98 Å². The van der Waals surface area contributed by atoms with Gasteiger partial charge in [-0.2, -0.15) is 0 Å². The van der Waals surface area contributed by atoms with Crippen LogP contribution in [-0.2, 0) is 6.42 Å². The molecule has 1 aromatic carbocycles. The van der Waals surface area contributed by atoms with Crippen molar-refractivity contribution in [2.24, 2.45) is 0 Å². The van der Waals surface area contributed by atoms with Gasteiger partial charge in [-0.1, -0.05) is 19.4 Å². The lowest BCUT2D eigenvalue weighted by molar-refractivity contribution is 0.923. The third-order valence-corrected chi connectivity index (χ3v) is 2.24. The summed E-state index contributed by atoms with van der Waals surface area (Å²) in [6, 6.07) is 5.85. The Morgan fingerprint density at radius 3 is 3.07 bits per heavy atom. The average molecular weight is 188 g/mol. The van der Waals surface area contributed by atoms with Crippen LogP contribution in [0.2, 0.25) is 0 Å². The fraction of sp³-hybridized carbons (Fsp3) is 0.273. The number of hydrogen-bond donors (Lipinski definition) is 1. The van der Waals surface area contributed by atoms with E-state index in [1.807, 2.05) is 18.2 Å². The molecule has 14 heavy (non-hydrogen) atoms. The summed E-state index contributed by atoms with van der Waals surface area (Å²) in [6.07, 6.45) is 3.53. The molecule has 3 nitrogen and oxygen atoms in total. The van der Waals surface area contributed by atoms with Gasteiger partial charge in [-0.05, 0) is 24.1 Å². The van der Waals surface area contributed by atoms with Crippen LogP contribution in [0.3, 0.4) is 0 Å². The third kappa shape index (κ3) is 1.53. The highest BCUT2D eigenvalue weighted by Crippen LogP contribution is 2.10. The number of rotatable bonds is 2. The van der Waals surface area contributed by atoms with Crippen LogP contribution in [-0.4, -0.2) is 9.97 Å². The second kappa shape index (κ2) is 3.62. The van der Waals surface area contributed by atoms with Crippen molar-refractivity contribution in [2.75, 3.05) is 0 Å². The Morgan fingerprint density at radius 1 is 1.43 bits per heavy atom. The number of fused-ring (bicyclic) bond motifs is 1. The highest BCUT2D eigenvalue weighted by molar-refractivity contribution is 5.77. The number of H-pyrrole nitrogens is 1. The fourth-order valence-electron chi connectivity index (χ4n) is 1.56. The van der Waals surface area contributed by atoms with E-state index in [9.17, 15) is 4.79 Å². The third-order valence-electron chi connectivity index (χ3n) is 2.24. The van der Waals surface area contributed by atoms with E-state index in [-0.39, 0.29) is 5.56 Å². The lowest BCUT2D eigenvalue weighted by Gasteiger charge is -2.00. The molecule has 0 bridgehead atoms. The van der Waals surface area contributed by atoms with Crippen molar-refractivity contribution < 1.29 is 0 Å². The number of aromatic amines is 1. The molecule has 72 valence electrons. The zero-order chi connectivity index (χ0) is 9.97. The molecule has 2 rings (SSSR count). The van der Waals surface area contributed by atoms with E-state index in [0.717, 1.165) is 18.4 Å². The van der Waals surface area contributed by atoms with Gasteiger partial charge in [-0.15, -0.1) is 0 Å². The van der Waals surface area contributed by atoms with Gasteiger partial charge in [0.1, 0.15) is 0 Å². The molecule has 1 heterocycles. The molecular formula is C11H12N2O. The molecule has 0 radical (unpaired) electrons. The maximum Gasteiger partial charge on any atom is 0.258 e. The summed E-state index contributed by atoms with van der Waals surface area (Å²) in [7, 11) is 0. The lowest BCUT2D eigenvalue weighted by Crippen LogP contribution is -2.06. The minimum atomic E-state index is -0.0621. The zero-order valence-corrected chi connectivity index (χ0v) is 8.08. The molecule has 0 saturated carbocycles. The molecule has 3 heteroatoms. The van der Waals surface area contributed by atoms with Crippen LogP contribution in [0.1, 0.15) is 18.9 Å². The van der Waals surface area contributed by atoms with Crippen LogP contribution >= 0.6 is 0 Å². The number of benzene rings is 1. The molecule has 0 aliphatic rings. The summed E-state index contributed by atoms with van der Waals surface area (Å²) in [4.78, 5) is 18.1. The summed E-state index contributed by atoms with van der Waals surface area (Å²) in [6.45, 7) is 2.12. The number of hydrogen-bond acceptors (Lipinski definition) is 2. The molecular weight excluding hydrogens is 176 g/mol. The van der Waals surface area contributed by atoms with Crippen LogP contribution in [0.15, 0.2) is 29.3 Å². The predicted molar refractivity (Wildman–Crippen MR) is 56.4 cm³/mol. The fourth-order valence-corrected chi connectivity index (χ4v) is 1.56. The molecule has 0 unspecified atom stereocenters. The van der Waals surface area contributed by atoms with Gasteiger partial charge in [-0.3, -0.25) is 4.79 Å². The van der Waals surface area contributed by atoms with Gasteiger partial charge >= 0.3 is 0 Å². The molecule has 0 atom stereocenters. The zero-order valence-electron chi connectivity index (χ0n) is 8.08. The Labute approximate surface area is 81.8 Å². The van der Waals surface area contributed by atoms with Crippen molar-refractivity contribution in [1.29, 1.82) is 0 Å². The first kappa shape index (κ1) is 8.94. The first-order chi connectivity index (χ1) is 6.81. The number of nitrogens with one attached hydrogen (secondary N) is 1. The van der Waals surface area contributed by atoms with Gasteiger partial charge < -0.3 is 4.98 Å². The van der Waals surface area contributed by atoms with E-state index >= 15 is 0 Å². The number of aromatic nitrogens is 2. The monoisotopic (exact) mass is 188 g/mol. The van der Waals surface area contributed by atoms with Crippen molar-refractivity contribution >= 4 is 10.9 Å². The highest BCUT2D eigenvalue weighted by atomic mass is 16.1. The van der Waals surface area contributed by atoms with Crippen LogP contribution < -0.4 is 5.56 Å². The van der Waals surface area contributed by atoms with Crippen LogP contribution in [0.5, 0.6) is 0 Å². The smallest absolute Gasteiger partial charge is 0.258 e. The highest BCUT2D eigenvalue weighted by Gasteiger charge is 1.99. The molecule has 1 aromatic heterocycles. The van der Waals surface area contributed by atoms with Gasteiger partial charge in [0.15, 0.2) is 0 Å². The minimum absolute atomic E-state index is 0.0621. The molecule has 0 aliphatic heterocycles. The summed E-state index contributed by atoms with van der Waals surface area (Å²) in [5.41, 5.74) is 1.89. The van der Waals surface area contributed by atoms with Gasteiger partial charge in [0, 0.05) is 0 Å². The molecule has 0 saturated heterocycles. The largest absolute Gasteiger partial charge is 0.313 e. The number of aryl methyl sites for hydroxylation is 1. The maximum absolute atomic E-state index is 11.4. The van der Waals surface area contributed by atoms with Crippen molar-refractivity contribution in [2.45, 2.75) is 19.8 Å². The second-order valence-corrected chi connectivity index (χ2v) is 3.33. The van der Waals surface area contributed by atoms with E-state index < -0.39 is 0 Å².